The Morgan fingerprint density at radius 3 is 2.41 bits per heavy atom. The van der Waals surface area contributed by atoms with Crippen LogP contribution in [0.25, 0.3) is 0 Å². The van der Waals surface area contributed by atoms with E-state index in [0.29, 0.717) is 6.07 Å². The van der Waals surface area contributed by atoms with Gasteiger partial charge in [0, 0.05) is 12.6 Å². The number of nitrogens with one attached hydrogen (secondary N) is 1. The van der Waals surface area contributed by atoms with Crippen LogP contribution in [0.3, 0.4) is 0 Å². The lowest BCUT2D eigenvalue weighted by atomic mass is 10.2. The molecule has 0 fully saturated rings. The van der Waals surface area contributed by atoms with Crippen molar-refractivity contribution in [2.45, 2.75) is 44.4 Å². The number of carbonyl (C=O) groups is 1. The standard InChI is InChI=1S/C20H21F3N2O5S.C2H3N/c1-19(2,3)30-18(26)24-14-7-8-17-16(12-14)25(9-10-29-17)31(27,28)15-6-4-5-13(11-15)20(21,22)23;1-2-3/h4-8,11-12H,9-10H2,1-3H3,(H,24,26);1H3. The summed E-state index contributed by atoms with van der Waals surface area (Å²) in [5.74, 6) is 0.219. The van der Waals surface area contributed by atoms with Crippen molar-refractivity contribution >= 4 is 27.5 Å². The van der Waals surface area contributed by atoms with Crippen molar-refractivity contribution < 1.29 is 35.9 Å². The molecule has 0 bridgehead atoms. The molecule has 2 aromatic rings. The first-order valence-corrected chi connectivity index (χ1v) is 11.4. The zero-order chi connectivity index (χ0) is 25.7. The van der Waals surface area contributed by atoms with Gasteiger partial charge in [0.1, 0.15) is 18.0 Å². The van der Waals surface area contributed by atoms with E-state index in [-0.39, 0.29) is 30.3 Å². The number of nitriles is 1. The zero-order valence-corrected chi connectivity index (χ0v) is 19.7. The van der Waals surface area contributed by atoms with Crippen molar-refractivity contribution in [3.05, 3.63) is 48.0 Å². The summed E-state index contributed by atoms with van der Waals surface area (Å²) < 4.78 is 77.0. The first kappa shape index (κ1) is 26.8. The molecular formula is C22H24F3N3O5S. The summed E-state index contributed by atoms with van der Waals surface area (Å²) in [4.78, 5) is 11.5. The molecule has 0 atom stereocenters. The molecule has 8 nitrogen and oxygen atoms in total. The Hall–Kier alpha value is -3.46. The number of hydrogen-bond acceptors (Lipinski definition) is 6. The van der Waals surface area contributed by atoms with E-state index >= 15 is 0 Å². The van der Waals surface area contributed by atoms with Crippen LogP contribution in [0.15, 0.2) is 47.4 Å². The number of alkyl halides is 3. The Morgan fingerprint density at radius 1 is 1.18 bits per heavy atom. The number of ether oxygens (including phenoxy) is 2. The topological polar surface area (TPSA) is 109 Å². The summed E-state index contributed by atoms with van der Waals surface area (Å²) in [5, 5.41) is 9.82. The zero-order valence-electron chi connectivity index (χ0n) is 18.9. The maximum atomic E-state index is 13.1. The highest BCUT2D eigenvalue weighted by Crippen LogP contribution is 2.38. The maximum absolute atomic E-state index is 13.1. The highest BCUT2D eigenvalue weighted by Gasteiger charge is 2.35. The van der Waals surface area contributed by atoms with Gasteiger partial charge < -0.3 is 9.47 Å². The maximum Gasteiger partial charge on any atom is 0.416 e. The fourth-order valence-electron chi connectivity index (χ4n) is 2.90. The molecule has 0 aliphatic carbocycles. The summed E-state index contributed by atoms with van der Waals surface area (Å²) in [5.41, 5.74) is -1.47. The number of rotatable bonds is 3. The Bertz CT molecular complexity index is 1190. The number of anilines is 2. The van der Waals surface area contributed by atoms with Crippen LogP contribution >= 0.6 is 0 Å². The molecule has 184 valence electrons. The highest BCUT2D eigenvalue weighted by molar-refractivity contribution is 7.92. The number of fused-ring (bicyclic) bond motifs is 1. The van der Waals surface area contributed by atoms with E-state index in [1.165, 1.54) is 25.1 Å². The van der Waals surface area contributed by atoms with Gasteiger partial charge >= 0.3 is 12.3 Å². The Morgan fingerprint density at radius 2 is 1.82 bits per heavy atom. The van der Waals surface area contributed by atoms with Crippen molar-refractivity contribution in [1.82, 2.24) is 0 Å². The van der Waals surface area contributed by atoms with Crippen molar-refractivity contribution in [2.24, 2.45) is 0 Å². The molecule has 1 N–H and O–H groups in total. The molecule has 1 amide bonds. The Balaban J connectivity index is 0.00000129. The average Bonchev–Trinajstić information content (AvgIpc) is 2.72. The van der Waals surface area contributed by atoms with E-state index in [0.717, 1.165) is 22.5 Å². The molecule has 3 rings (SSSR count). The van der Waals surface area contributed by atoms with Crippen LogP contribution in [-0.4, -0.2) is 33.3 Å². The van der Waals surface area contributed by atoms with Gasteiger partial charge in [0.2, 0.25) is 0 Å². The second-order valence-electron chi connectivity index (χ2n) is 7.98. The third-order valence-electron chi connectivity index (χ3n) is 4.17. The van der Waals surface area contributed by atoms with Crippen molar-refractivity contribution in [3.8, 4) is 11.8 Å². The van der Waals surface area contributed by atoms with Gasteiger partial charge in [-0.3, -0.25) is 9.62 Å². The van der Waals surface area contributed by atoms with Crippen LogP contribution in [0.2, 0.25) is 0 Å². The molecule has 34 heavy (non-hydrogen) atoms. The van der Waals surface area contributed by atoms with Gasteiger partial charge in [-0.05, 0) is 57.2 Å². The van der Waals surface area contributed by atoms with Gasteiger partial charge in [0.25, 0.3) is 10.0 Å². The summed E-state index contributed by atoms with van der Waals surface area (Å²) in [7, 11) is -4.32. The second-order valence-corrected chi connectivity index (χ2v) is 9.85. The number of benzene rings is 2. The Labute approximate surface area is 195 Å². The minimum atomic E-state index is -4.68. The lowest BCUT2D eigenvalue weighted by molar-refractivity contribution is -0.137. The van der Waals surface area contributed by atoms with E-state index in [9.17, 15) is 26.4 Å². The molecule has 0 radical (unpaired) electrons. The third-order valence-corrected chi connectivity index (χ3v) is 5.98. The fourth-order valence-corrected chi connectivity index (χ4v) is 4.40. The van der Waals surface area contributed by atoms with E-state index in [1.807, 2.05) is 0 Å². The number of sulfonamides is 1. The third kappa shape index (κ3) is 6.77. The number of nitrogens with zero attached hydrogens (tertiary/aromatic N) is 2. The van der Waals surface area contributed by atoms with E-state index in [4.69, 9.17) is 14.7 Å². The highest BCUT2D eigenvalue weighted by atomic mass is 32.2. The van der Waals surface area contributed by atoms with Gasteiger partial charge in [0.05, 0.1) is 28.8 Å². The van der Waals surface area contributed by atoms with Crippen molar-refractivity contribution in [1.29, 1.82) is 5.26 Å². The first-order valence-electron chi connectivity index (χ1n) is 9.96. The van der Waals surface area contributed by atoms with Crippen molar-refractivity contribution in [2.75, 3.05) is 22.8 Å². The molecule has 0 saturated heterocycles. The quantitative estimate of drug-likeness (QED) is 0.624. The minimum Gasteiger partial charge on any atom is -0.489 e. The largest absolute Gasteiger partial charge is 0.489 e. The van der Waals surface area contributed by atoms with E-state index < -0.39 is 38.4 Å². The van der Waals surface area contributed by atoms with Gasteiger partial charge in [-0.15, -0.1) is 0 Å². The molecular weight excluding hydrogens is 475 g/mol. The van der Waals surface area contributed by atoms with Crippen LogP contribution in [0.4, 0.5) is 29.3 Å². The average molecular weight is 500 g/mol. The molecule has 1 heterocycles. The smallest absolute Gasteiger partial charge is 0.416 e. The predicted molar refractivity (Wildman–Crippen MR) is 119 cm³/mol. The molecule has 1 aliphatic heterocycles. The lowest BCUT2D eigenvalue weighted by Gasteiger charge is -2.31. The number of amides is 1. The predicted octanol–water partition coefficient (Wildman–Crippen LogP) is 5.17. The van der Waals surface area contributed by atoms with Gasteiger partial charge in [-0.1, -0.05) is 6.07 Å². The summed E-state index contributed by atoms with van der Waals surface area (Å²) in [6, 6.07) is 9.62. The summed E-state index contributed by atoms with van der Waals surface area (Å²) >= 11 is 0. The van der Waals surface area contributed by atoms with Crippen LogP contribution < -0.4 is 14.4 Å². The number of halogens is 3. The molecule has 0 unspecified atom stereocenters. The van der Waals surface area contributed by atoms with E-state index in [2.05, 4.69) is 5.32 Å². The summed E-state index contributed by atoms with van der Waals surface area (Å²) in [6.07, 6.45) is -5.42. The van der Waals surface area contributed by atoms with Crippen LogP contribution in [-0.2, 0) is 20.9 Å². The molecule has 0 saturated carbocycles. The fraction of sp³-hybridized carbons (Fsp3) is 0.364. The minimum absolute atomic E-state index is 0.0179. The molecule has 2 aromatic carbocycles. The van der Waals surface area contributed by atoms with Gasteiger partial charge in [0.15, 0.2) is 0 Å². The van der Waals surface area contributed by atoms with Crippen LogP contribution in [0.1, 0.15) is 33.3 Å². The van der Waals surface area contributed by atoms with Gasteiger partial charge in [-0.25, -0.2) is 13.2 Å². The monoisotopic (exact) mass is 499 g/mol. The van der Waals surface area contributed by atoms with Crippen LogP contribution in [0.5, 0.6) is 5.75 Å². The van der Waals surface area contributed by atoms with Crippen LogP contribution in [0, 0.1) is 11.3 Å². The first-order chi connectivity index (χ1) is 15.7. The van der Waals surface area contributed by atoms with Gasteiger partial charge in [-0.2, -0.15) is 18.4 Å². The molecule has 1 aliphatic rings. The molecule has 12 heteroatoms. The van der Waals surface area contributed by atoms with E-state index in [1.54, 1.807) is 26.8 Å². The normalized spacial score (nSPS) is 13.4. The lowest BCUT2D eigenvalue weighted by Crippen LogP contribution is -2.38. The second kappa shape index (κ2) is 10.2. The number of hydrogen-bond donors (Lipinski definition) is 1. The SMILES string of the molecule is CC#N.CC(C)(C)OC(=O)Nc1ccc2c(c1)N(S(=O)(=O)c1cccc(C(F)(F)F)c1)CCO2. The number of carbonyl (C=O) groups excluding carboxylic acids is 1. The summed E-state index contributed by atoms with van der Waals surface area (Å²) in [6.45, 7) is 6.41. The Kier molecular flexibility index (Phi) is 8.05. The van der Waals surface area contributed by atoms with Crippen molar-refractivity contribution in [3.63, 3.8) is 0 Å². The molecule has 0 spiro atoms. The molecule has 0 aromatic heterocycles.